The maximum atomic E-state index is 12.9. The lowest BCUT2D eigenvalue weighted by molar-refractivity contribution is -0.153. The number of carboxylic acid groups (broad SMARTS) is 1. The van der Waals surface area contributed by atoms with E-state index in [0.29, 0.717) is 17.5 Å². The van der Waals surface area contributed by atoms with Gasteiger partial charge in [-0.15, -0.1) is 0 Å². The molecule has 2 N–H and O–H groups in total. The first-order valence-electron chi connectivity index (χ1n) is 12.0. The molecule has 1 unspecified atom stereocenters. The average molecular weight is 431 g/mol. The van der Waals surface area contributed by atoms with E-state index in [9.17, 15) is 9.59 Å². The van der Waals surface area contributed by atoms with E-state index in [1.165, 1.54) is 6.42 Å². The first-order valence-corrected chi connectivity index (χ1v) is 12.0. The Morgan fingerprint density at radius 3 is 2.26 bits per heavy atom. The zero-order valence-electron chi connectivity index (χ0n) is 19.0. The quantitative estimate of drug-likeness (QED) is 0.557. The number of aromatic carboxylic acids is 1. The molecule has 6 nitrogen and oxygen atoms in total. The maximum Gasteiger partial charge on any atom is 0.335 e. The molecular weight excluding hydrogens is 392 g/mol. The molecule has 1 aromatic rings. The number of hydrogen-bond donors (Lipinski definition) is 2. The molecule has 1 aliphatic heterocycles. The standard InChI is InChI=1S/C25H38N2O4/c1-18(2)8-13-23(25(30)31-22-6-4-3-5-7-22)26-20-14-16-27(17-15-20)21-11-9-19(10-12-21)24(28)29/h9-12,18,20,22-23,26H,3-8,13-17H2,1-2H3,(H,28,29). The molecule has 1 heterocycles. The number of carbonyl (C=O) groups excluding carboxylic acids is 1. The first-order chi connectivity index (χ1) is 14.9. The SMILES string of the molecule is CC(C)CCC(NC1CCN(c2ccc(C(=O)O)cc2)CC1)C(=O)OC1CCCCC1. The average Bonchev–Trinajstić information content (AvgIpc) is 2.77. The number of carboxylic acids is 1. The van der Waals surface area contributed by atoms with Crippen LogP contribution in [0.4, 0.5) is 5.69 Å². The highest BCUT2D eigenvalue weighted by atomic mass is 16.5. The van der Waals surface area contributed by atoms with Crippen LogP contribution in [0.3, 0.4) is 0 Å². The van der Waals surface area contributed by atoms with Crippen LogP contribution >= 0.6 is 0 Å². The van der Waals surface area contributed by atoms with E-state index in [4.69, 9.17) is 9.84 Å². The maximum absolute atomic E-state index is 12.9. The molecule has 3 rings (SSSR count). The zero-order chi connectivity index (χ0) is 22.2. The number of rotatable bonds is 9. The fourth-order valence-corrected chi connectivity index (χ4v) is 4.60. The number of anilines is 1. The van der Waals surface area contributed by atoms with E-state index >= 15 is 0 Å². The van der Waals surface area contributed by atoms with Gasteiger partial charge in [0.1, 0.15) is 12.1 Å². The summed E-state index contributed by atoms with van der Waals surface area (Å²) in [5.74, 6) is -0.413. The summed E-state index contributed by atoms with van der Waals surface area (Å²) >= 11 is 0. The predicted octanol–water partition coefficient (Wildman–Crippen LogP) is 4.62. The van der Waals surface area contributed by atoms with Gasteiger partial charge in [0.25, 0.3) is 0 Å². The monoisotopic (exact) mass is 430 g/mol. The van der Waals surface area contributed by atoms with Crippen LogP contribution < -0.4 is 10.2 Å². The number of esters is 1. The number of piperidine rings is 1. The molecule has 31 heavy (non-hydrogen) atoms. The first kappa shape index (κ1) is 23.6. The Morgan fingerprint density at radius 2 is 1.68 bits per heavy atom. The van der Waals surface area contributed by atoms with Crippen LogP contribution in [-0.4, -0.2) is 48.3 Å². The van der Waals surface area contributed by atoms with Crippen LogP contribution in [0.2, 0.25) is 0 Å². The van der Waals surface area contributed by atoms with Crippen molar-refractivity contribution in [2.75, 3.05) is 18.0 Å². The van der Waals surface area contributed by atoms with Gasteiger partial charge in [-0.2, -0.15) is 0 Å². The largest absolute Gasteiger partial charge is 0.478 e. The molecule has 1 aromatic carbocycles. The molecule has 0 spiro atoms. The third-order valence-electron chi connectivity index (χ3n) is 6.56. The van der Waals surface area contributed by atoms with Gasteiger partial charge < -0.3 is 20.1 Å². The molecule has 1 saturated carbocycles. The Hall–Kier alpha value is -2.08. The lowest BCUT2D eigenvalue weighted by Crippen LogP contribution is -2.50. The van der Waals surface area contributed by atoms with Crippen molar-refractivity contribution in [3.63, 3.8) is 0 Å². The van der Waals surface area contributed by atoms with Crippen molar-refractivity contribution >= 4 is 17.6 Å². The third kappa shape index (κ3) is 7.23. The summed E-state index contributed by atoms with van der Waals surface area (Å²) in [6, 6.07) is 7.14. The summed E-state index contributed by atoms with van der Waals surface area (Å²) < 4.78 is 5.89. The van der Waals surface area contributed by atoms with Crippen molar-refractivity contribution in [2.24, 2.45) is 5.92 Å². The Labute approximate surface area is 186 Å². The van der Waals surface area contributed by atoms with Gasteiger partial charge in [-0.3, -0.25) is 4.79 Å². The van der Waals surface area contributed by atoms with Crippen LogP contribution in [0.25, 0.3) is 0 Å². The second kappa shape index (κ2) is 11.5. The van der Waals surface area contributed by atoms with Gasteiger partial charge in [-0.25, -0.2) is 4.79 Å². The van der Waals surface area contributed by atoms with Gasteiger partial charge in [-0.1, -0.05) is 20.3 Å². The third-order valence-corrected chi connectivity index (χ3v) is 6.56. The molecule has 2 fully saturated rings. The van der Waals surface area contributed by atoms with Crippen LogP contribution in [0.1, 0.15) is 82.0 Å². The highest BCUT2D eigenvalue weighted by Crippen LogP contribution is 2.23. The Bertz CT molecular complexity index is 705. The Kier molecular flexibility index (Phi) is 8.76. The molecule has 0 radical (unpaired) electrons. The van der Waals surface area contributed by atoms with Gasteiger partial charge in [0.05, 0.1) is 5.56 Å². The summed E-state index contributed by atoms with van der Waals surface area (Å²) in [5, 5.41) is 12.7. The van der Waals surface area contributed by atoms with Crippen molar-refractivity contribution in [3.8, 4) is 0 Å². The summed E-state index contributed by atoms with van der Waals surface area (Å²) in [5.41, 5.74) is 1.36. The molecule has 172 valence electrons. The van der Waals surface area contributed by atoms with Crippen molar-refractivity contribution < 1.29 is 19.4 Å². The van der Waals surface area contributed by atoms with Gasteiger partial charge >= 0.3 is 11.9 Å². The normalized spacial score (nSPS) is 19.4. The molecule has 0 aromatic heterocycles. The van der Waals surface area contributed by atoms with E-state index in [2.05, 4.69) is 24.1 Å². The number of benzene rings is 1. The van der Waals surface area contributed by atoms with Crippen molar-refractivity contribution in [2.45, 2.75) is 89.8 Å². The second-order valence-corrected chi connectivity index (χ2v) is 9.50. The van der Waals surface area contributed by atoms with E-state index in [1.54, 1.807) is 12.1 Å². The highest BCUT2D eigenvalue weighted by Gasteiger charge is 2.28. The number of carbonyl (C=O) groups is 2. The van der Waals surface area contributed by atoms with Crippen molar-refractivity contribution in [3.05, 3.63) is 29.8 Å². The summed E-state index contributed by atoms with van der Waals surface area (Å²) in [4.78, 5) is 26.3. The van der Waals surface area contributed by atoms with Crippen molar-refractivity contribution in [1.29, 1.82) is 0 Å². The topological polar surface area (TPSA) is 78.9 Å². The molecule has 2 aliphatic rings. The predicted molar refractivity (Wildman–Crippen MR) is 123 cm³/mol. The minimum Gasteiger partial charge on any atom is -0.478 e. The summed E-state index contributed by atoms with van der Waals surface area (Å²) in [7, 11) is 0. The van der Waals surface area contributed by atoms with E-state index in [1.807, 2.05) is 12.1 Å². The van der Waals surface area contributed by atoms with E-state index in [0.717, 1.165) is 70.1 Å². The number of hydrogen-bond acceptors (Lipinski definition) is 5. The van der Waals surface area contributed by atoms with Crippen molar-refractivity contribution in [1.82, 2.24) is 5.32 Å². The number of ether oxygens (including phenoxy) is 1. The Balaban J connectivity index is 1.52. The van der Waals surface area contributed by atoms with E-state index in [-0.39, 0.29) is 18.1 Å². The minimum atomic E-state index is -0.901. The summed E-state index contributed by atoms with van der Waals surface area (Å²) in [6.45, 7) is 6.16. The van der Waals surface area contributed by atoms with Gasteiger partial charge in [0, 0.05) is 24.8 Å². The number of nitrogens with zero attached hydrogens (tertiary/aromatic N) is 1. The smallest absolute Gasteiger partial charge is 0.335 e. The van der Waals surface area contributed by atoms with E-state index < -0.39 is 5.97 Å². The lowest BCUT2D eigenvalue weighted by Gasteiger charge is -2.36. The molecule has 0 amide bonds. The van der Waals surface area contributed by atoms with Gasteiger partial charge in [-0.05, 0) is 81.5 Å². The molecule has 1 saturated heterocycles. The number of nitrogens with one attached hydrogen (secondary N) is 1. The second-order valence-electron chi connectivity index (χ2n) is 9.50. The van der Waals surface area contributed by atoms with Crippen LogP contribution in [0, 0.1) is 5.92 Å². The molecule has 1 aliphatic carbocycles. The zero-order valence-corrected chi connectivity index (χ0v) is 19.0. The fraction of sp³-hybridized carbons (Fsp3) is 0.680. The molecule has 0 bridgehead atoms. The fourth-order valence-electron chi connectivity index (χ4n) is 4.60. The lowest BCUT2D eigenvalue weighted by atomic mass is 9.97. The van der Waals surface area contributed by atoms with Crippen LogP contribution in [0.5, 0.6) is 0 Å². The van der Waals surface area contributed by atoms with Crippen LogP contribution in [-0.2, 0) is 9.53 Å². The summed E-state index contributed by atoms with van der Waals surface area (Å²) in [6.07, 6.45) is 9.41. The van der Waals surface area contributed by atoms with Gasteiger partial charge in [0.15, 0.2) is 0 Å². The Morgan fingerprint density at radius 1 is 1.03 bits per heavy atom. The molecule has 1 atom stereocenters. The highest BCUT2D eigenvalue weighted by molar-refractivity contribution is 5.88. The molecular formula is C25H38N2O4. The minimum absolute atomic E-state index is 0.0701. The van der Waals surface area contributed by atoms with Crippen LogP contribution in [0.15, 0.2) is 24.3 Å². The van der Waals surface area contributed by atoms with Gasteiger partial charge in [0.2, 0.25) is 0 Å². The molecule has 6 heteroatoms.